The Bertz CT molecular complexity index is 1300. The fourth-order valence-corrected chi connectivity index (χ4v) is 4.18. The minimum Gasteiger partial charge on any atom is -0.508 e. The van der Waals surface area contributed by atoms with Crippen molar-refractivity contribution in [1.29, 1.82) is 0 Å². The second kappa shape index (κ2) is 6.15. The molecule has 28 heavy (non-hydrogen) atoms. The van der Waals surface area contributed by atoms with Crippen LogP contribution in [0.25, 0.3) is 11.0 Å². The maximum Gasteiger partial charge on any atom is 0.297 e. The second-order valence-corrected chi connectivity index (χ2v) is 7.46. The first-order chi connectivity index (χ1) is 13.5. The average Bonchev–Trinajstić information content (AvgIpc) is 3.29. The van der Waals surface area contributed by atoms with Crippen molar-refractivity contribution in [2.45, 2.75) is 6.04 Å². The molecule has 0 spiro atoms. The number of phenols is 1. The number of halogens is 1. The maximum absolute atomic E-state index is 13.3. The van der Waals surface area contributed by atoms with Gasteiger partial charge in [-0.1, -0.05) is 35.1 Å². The molecule has 1 N–H and O–H groups in total. The zero-order valence-corrected chi connectivity index (χ0v) is 15.6. The van der Waals surface area contributed by atoms with Gasteiger partial charge in [0.1, 0.15) is 16.8 Å². The van der Waals surface area contributed by atoms with Crippen molar-refractivity contribution in [1.82, 2.24) is 10.2 Å². The molecule has 1 aliphatic rings. The van der Waals surface area contributed by atoms with Gasteiger partial charge in [0.15, 0.2) is 5.43 Å². The van der Waals surface area contributed by atoms with Crippen molar-refractivity contribution in [2.24, 2.45) is 0 Å². The van der Waals surface area contributed by atoms with E-state index >= 15 is 0 Å². The number of hydrogen-bond donors (Lipinski definition) is 1. The summed E-state index contributed by atoms with van der Waals surface area (Å²) < 4.78 is 5.81. The monoisotopic (exact) mass is 411 g/mol. The van der Waals surface area contributed by atoms with Crippen LogP contribution in [0.4, 0.5) is 5.13 Å². The smallest absolute Gasteiger partial charge is 0.297 e. The van der Waals surface area contributed by atoms with Gasteiger partial charge in [-0.25, -0.2) is 0 Å². The number of rotatable bonds is 2. The molecule has 0 radical (unpaired) electrons. The summed E-state index contributed by atoms with van der Waals surface area (Å²) in [5.74, 6) is -0.527. The predicted octanol–water partition coefficient (Wildman–Crippen LogP) is 3.75. The van der Waals surface area contributed by atoms with Gasteiger partial charge >= 0.3 is 0 Å². The van der Waals surface area contributed by atoms with Crippen LogP contribution in [0.5, 0.6) is 5.75 Å². The Hall–Kier alpha value is -3.23. The van der Waals surface area contributed by atoms with Crippen LogP contribution in [-0.2, 0) is 0 Å². The molecule has 5 rings (SSSR count). The molecule has 1 amide bonds. The Kier molecular flexibility index (Phi) is 3.71. The van der Waals surface area contributed by atoms with Gasteiger partial charge < -0.3 is 9.52 Å². The normalized spacial score (nSPS) is 16.0. The van der Waals surface area contributed by atoms with Crippen LogP contribution >= 0.6 is 22.9 Å². The third kappa shape index (κ3) is 2.42. The molecular formula is C19H10ClN3O4S. The number of amides is 1. The first kappa shape index (κ1) is 16.9. The maximum atomic E-state index is 13.3. The van der Waals surface area contributed by atoms with Gasteiger partial charge in [-0.2, -0.15) is 0 Å². The lowest BCUT2D eigenvalue weighted by Crippen LogP contribution is -2.29. The number of carbonyl (C=O) groups is 1. The third-order valence-corrected chi connectivity index (χ3v) is 5.50. The number of aromatic hydroxyl groups is 1. The van der Waals surface area contributed by atoms with E-state index in [9.17, 15) is 14.7 Å². The van der Waals surface area contributed by atoms with Crippen LogP contribution in [0, 0.1) is 0 Å². The van der Waals surface area contributed by atoms with E-state index in [1.807, 2.05) is 0 Å². The number of phenolic OH excluding ortho intramolecular Hbond substituents is 1. The van der Waals surface area contributed by atoms with Gasteiger partial charge in [0.2, 0.25) is 10.9 Å². The van der Waals surface area contributed by atoms with Gasteiger partial charge in [-0.3, -0.25) is 14.5 Å². The molecule has 7 nitrogen and oxygen atoms in total. The number of hydrogen-bond acceptors (Lipinski definition) is 7. The largest absolute Gasteiger partial charge is 0.508 e. The highest BCUT2D eigenvalue weighted by atomic mass is 35.5. The van der Waals surface area contributed by atoms with E-state index < -0.39 is 11.9 Å². The first-order valence-corrected chi connectivity index (χ1v) is 9.45. The van der Waals surface area contributed by atoms with Crippen LogP contribution in [0.3, 0.4) is 0 Å². The minimum atomic E-state index is -0.804. The summed E-state index contributed by atoms with van der Waals surface area (Å²) in [6.45, 7) is 0. The molecule has 2 aromatic carbocycles. The molecular weight excluding hydrogens is 402 g/mol. The van der Waals surface area contributed by atoms with E-state index in [4.69, 9.17) is 16.0 Å². The Morgan fingerprint density at radius 3 is 2.79 bits per heavy atom. The van der Waals surface area contributed by atoms with E-state index in [1.165, 1.54) is 39.9 Å². The van der Waals surface area contributed by atoms with Crippen LogP contribution in [-0.4, -0.2) is 21.2 Å². The third-order valence-electron chi connectivity index (χ3n) is 4.57. The quantitative estimate of drug-likeness (QED) is 0.539. The van der Waals surface area contributed by atoms with Gasteiger partial charge in [-0.15, -0.1) is 10.2 Å². The Labute approximate surface area is 166 Å². The molecule has 1 unspecified atom stereocenters. The fraction of sp³-hybridized carbons (Fsp3) is 0.0526. The zero-order valence-electron chi connectivity index (χ0n) is 14.0. The number of anilines is 1. The van der Waals surface area contributed by atoms with Crippen molar-refractivity contribution in [2.75, 3.05) is 4.90 Å². The number of fused-ring (bicyclic) bond motifs is 2. The zero-order chi connectivity index (χ0) is 19.4. The van der Waals surface area contributed by atoms with Crippen molar-refractivity contribution in [3.63, 3.8) is 0 Å². The van der Waals surface area contributed by atoms with Crippen LogP contribution in [0.15, 0.2) is 57.2 Å². The van der Waals surface area contributed by atoms with Gasteiger partial charge in [-0.05, 0) is 35.9 Å². The van der Waals surface area contributed by atoms with E-state index in [2.05, 4.69) is 10.2 Å². The molecule has 3 heterocycles. The second-order valence-electron chi connectivity index (χ2n) is 6.21. The van der Waals surface area contributed by atoms with Crippen molar-refractivity contribution < 1.29 is 14.3 Å². The van der Waals surface area contributed by atoms with Crippen molar-refractivity contribution in [3.05, 3.63) is 80.1 Å². The molecule has 9 heteroatoms. The molecule has 1 atom stereocenters. The van der Waals surface area contributed by atoms with Crippen molar-refractivity contribution >= 4 is 44.9 Å². The number of aromatic nitrogens is 2. The summed E-state index contributed by atoms with van der Waals surface area (Å²) in [7, 11) is 0. The summed E-state index contributed by atoms with van der Waals surface area (Å²) in [5.41, 5.74) is 2.15. The van der Waals surface area contributed by atoms with E-state index in [0.29, 0.717) is 15.7 Å². The molecule has 1 aliphatic heterocycles. The van der Waals surface area contributed by atoms with Crippen LogP contribution in [0.1, 0.15) is 27.7 Å². The number of nitrogens with zero attached hydrogens (tertiary/aromatic N) is 3. The van der Waals surface area contributed by atoms with Crippen LogP contribution in [0.2, 0.25) is 5.02 Å². The number of carbonyl (C=O) groups excluding carboxylic acids is 1. The number of benzene rings is 2. The minimum absolute atomic E-state index is 0.0174. The lowest BCUT2D eigenvalue weighted by atomic mass is 9.98. The summed E-state index contributed by atoms with van der Waals surface area (Å²) in [6.07, 6.45) is 0. The molecule has 0 saturated heterocycles. The highest BCUT2D eigenvalue weighted by Gasteiger charge is 2.45. The average molecular weight is 412 g/mol. The topological polar surface area (TPSA) is 96.5 Å². The van der Waals surface area contributed by atoms with E-state index in [-0.39, 0.29) is 33.5 Å². The molecule has 0 aliphatic carbocycles. The molecule has 2 aromatic heterocycles. The fourth-order valence-electron chi connectivity index (χ4n) is 3.42. The van der Waals surface area contributed by atoms with Gasteiger partial charge in [0.05, 0.1) is 17.0 Å². The highest BCUT2D eigenvalue weighted by Crippen LogP contribution is 2.42. The van der Waals surface area contributed by atoms with Gasteiger partial charge in [0.25, 0.3) is 5.91 Å². The summed E-state index contributed by atoms with van der Waals surface area (Å²) in [4.78, 5) is 27.8. The van der Waals surface area contributed by atoms with Crippen LogP contribution < -0.4 is 10.3 Å². The molecule has 4 aromatic rings. The first-order valence-electron chi connectivity index (χ1n) is 8.19. The van der Waals surface area contributed by atoms with E-state index in [1.54, 1.807) is 24.3 Å². The summed E-state index contributed by atoms with van der Waals surface area (Å²) >= 11 is 7.21. The van der Waals surface area contributed by atoms with Crippen molar-refractivity contribution in [3.8, 4) is 5.75 Å². The lowest BCUT2D eigenvalue weighted by Gasteiger charge is -2.22. The Morgan fingerprint density at radius 1 is 1.18 bits per heavy atom. The summed E-state index contributed by atoms with van der Waals surface area (Å²) in [5, 5.41) is 18.7. The molecule has 0 saturated carbocycles. The Morgan fingerprint density at radius 2 is 2.04 bits per heavy atom. The van der Waals surface area contributed by atoms with E-state index in [0.717, 1.165) is 0 Å². The summed E-state index contributed by atoms with van der Waals surface area (Å²) in [6, 6.07) is 10.2. The lowest BCUT2D eigenvalue weighted by molar-refractivity contribution is 0.0970. The predicted molar refractivity (Wildman–Crippen MR) is 104 cm³/mol. The van der Waals surface area contributed by atoms with Gasteiger partial charge in [0, 0.05) is 5.02 Å². The molecule has 0 bridgehead atoms. The highest BCUT2D eigenvalue weighted by molar-refractivity contribution is 7.13. The molecule has 0 fully saturated rings. The Balaban J connectivity index is 1.85. The molecule has 138 valence electrons. The standard InChI is InChI=1S/C19H10ClN3O4S/c20-10-4-5-13-12(7-10)16(25)14-15(9-2-1-3-11(24)6-9)23(18(26)17(14)27-13)19-22-21-8-28-19/h1-8,15,24H. The SMILES string of the molecule is O=C1c2oc3ccc(Cl)cc3c(=O)c2C(c2cccc(O)c2)N1c1nncs1.